The second-order valence-corrected chi connectivity index (χ2v) is 1.35. The Kier molecular flexibility index (Phi) is 35.2. The monoisotopic (exact) mass is 86.1 g/mol. The molecule has 0 saturated heterocycles. The Morgan fingerprint density at radius 3 is 1.14 bits per heavy atom. The van der Waals surface area contributed by atoms with E-state index >= 15 is 0 Å². The maximum absolute atomic E-state index is 2.21. The van der Waals surface area contributed by atoms with Gasteiger partial charge in [-0.2, -0.15) is 0 Å². The fraction of sp³-hybridized carbons (Fsp3) is 1.00. The average molecular weight is 86.0 g/mol. The van der Waals surface area contributed by atoms with Crippen molar-refractivity contribution in [2.75, 3.05) is 0 Å². The van der Waals surface area contributed by atoms with Gasteiger partial charge in [-0.3, -0.25) is 0 Å². The summed E-state index contributed by atoms with van der Waals surface area (Å²) in [7, 11) is 0. The molecule has 0 N–H and O–H groups in total. The van der Waals surface area contributed by atoms with Crippen LogP contribution in [0.1, 0.15) is 33.1 Å². The van der Waals surface area contributed by atoms with Gasteiger partial charge in [0.05, 0.1) is 0 Å². The van der Waals surface area contributed by atoms with E-state index in [9.17, 15) is 0 Å². The molecule has 7 heavy (non-hydrogen) atoms. The van der Waals surface area contributed by atoms with Gasteiger partial charge < -0.3 is 0 Å². The third-order valence-electron chi connectivity index (χ3n) is 0.707. The van der Waals surface area contributed by atoms with Gasteiger partial charge in [0, 0.05) is 37.7 Å². The summed E-state index contributed by atoms with van der Waals surface area (Å²) in [5.41, 5.74) is 0. The van der Waals surface area contributed by atoms with Gasteiger partial charge in [0.2, 0.25) is 0 Å². The van der Waals surface area contributed by atoms with Crippen molar-refractivity contribution in [3.63, 3.8) is 0 Å². The fourth-order valence-corrected chi connectivity index (χ4v) is 0.354. The minimum atomic E-state index is 0. The molecule has 0 nitrogen and oxygen atoms in total. The number of rotatable bonds is 2. The zero-order valence-electron chi connectivity index (χ0n) is 6.12. The summed E-state index contributed by atoms with van der Waals surface area (Å²) in [5, 5.41) is 0. The van der Waals surface area contributed by atoms with Crippen LogP contribution in [0.3, 0.4) is 0 Å². The Morgan fingerprint density at radius 2 is 1.14 bits per heavy atom. The van der Waals surface area contributed by atoms with Gasteiger partial charge in [-0.1, -0.05) is 33.1 Å². The van der Waals surface area contributed by atoms with E-state index in [1.807, 2.05) is 0 Å². The van der Waals surface area contributed by atoms with E-state index in [-0.39, 0.29) is 37.7 Å². The van der Waals surface area contributed by atoms with Gasteiger partial charge in [0.1, 0.15) is 0 Å². The van der Waals surface area contributed by atoms with Gasteiger partial charge in [-0.25, -0.2) is 0 Å². The van der Waals surface area contributed by atoms with Gasteiger partial charge in [-0.05, 0) is 0 Å². The largest absolute Gasteiger partial charge is 0.0654 e. The summed E-state index contributed by atoms with van der Waals surface area (Å²) in [4.78, 5) is 0. The molecule has 0 bridgehead atoms. The van der Waals surface area contributed by atoms with Crippen LogP contribution in [0.2, 0.25) is 0 Å². The first-order chi connectivity index (χ1) is 2.41. The molecule has 0 aliphatic heterocycles. The topological polar surface area (TPSA) is 0 Å². The van der Waals surface area contributed by atoms with E-state index in [1.54, 1.807) is 0 Å². The number of hydrogen-bond donors (Lipinski definition) is 0. The van der Waals surface area contributed by atoms with Crippen molar-refractivity contribution in [3.8, 4) is 0 Å². The molecule has 0 unspecified atom stereocenters. The van der Waals surface area contributed by atoms with E-state index in [1.165, 1.54) is 19.3 Å². The molecule has 0 atom stereocenters. The molecular formula is C5H12Li2. The minimum Gasteiger partial charge on any atom is -0.0654 e. The predicted molar refractivity (Wildman–Crippen MR) is 36.7 cm³/mol. The van der Waals surface area contributed by atoms with Crippen LogP contribution < -0.4 is 0 Å². The number of unbranched alkanes of at least 4 members (excludes halogenated alkanes) is 2. The Labute approximate surface area is 70.8 Å². The van der Waals surface area contributed by atoms with Crippen LogP contribution in [0.25, 0.3) is 0 Å². The van der Waals surface area contributed by atoms with Crippen LogP contribution in [0.15, 0.2) is 0 Å². The Morgan fingerprint density at radius 1 is 0.857 bits per heavy atom. The zero-order chi connectivity index (χ0) is 4.12. The van der Waals surface area contributed by atoms with E-state index < -0.39 is 0 Å². The van der Waals surface area contributed by atoms with Crippen LogP contribution in [0.4, 0.5) is 0 Å². The molecule has 0 spiro atoms. The van der Waals surface area contributed by atoms with Crippen LogP contribution in [0, 0.1) is 0 Å². The summed E-state index contributed by atoms with van der Waals surface area (Å²) in [6.07, 6.45) is 4.08. The maximum atomic E-state index is 2.21. The van der Waals surface area contributed by atoms with Gasteiger partial charge in [0.25, 0.3) is 0 Å². The second kappa shape index (κ2) is 15.7. The molecule has 0 saturated carbocycles. The third kappa shape index (κ3) is 19.0. The van der Waals surface area contributed by atoms with Gasteiger partial charge in [0.15, 0.2) is 0 Å². The van der Waals surface area contributed by atoms with E-state index in [0.29, 0.717) is 0 Å². The summed E-state index contributed by atoms with van der Waals surface area (Å²) in [6.45, 7) is 4.42. The molecule has 0 amide bonds. The number of hydrogen-bond acceptors (Lipinski definition) is 0. The Balaban J connectivity index is -0.0000000800. The third-order valence-corrected chi connectivity index (χ3v) is 0.707. The van der Waals surface area contributed by atoms with Crippen LogP contribution in [0.5, 0.6) is 0 Å². The smallest absolute Gasteiger partial charge is 0 e. The second-order valence-electron chi connectivity index (χ2n) is 1.35. The van der Waals surface area contributed by atoms with Gasteiger partial charge in [-0.15, -0.1) is 0 Å². The van der Waals surface area contributed by atoms with Crippen molar-refractivity contribution in [3.05, 3.63) is 0 Å². The molecule has 2 radical (unpaired) electrons. The average Bonchev–Trinajstić information content (AvgIpc) is 1.41. The van der Waals surface area contributed by atoms with Crippen LogP contribution in [-0.4, -0.2) is 37.7 Å². The van der Waals surface area contributed by atoms with Crippen molar-refractivity contribution in [2.24, 2.45) is 0 Å². The molecule has 0 aliphatic carbocycles. The normalized spacial score (nSPS) is 6.00. The van der Waals surface area contributed by atoms with Crippen molar-refractivity contribution >= 4 is 37.7 Å². The Bertz CT molecular complexity index is 13.6. The summed E-state index contributed by atoms with van der Waals surface area (Å²) >= 11 is 0. The molecule has 0 heterocycles. The molecule has 0 aromatic carbocycles. The quantitative estimate of drug-likeness (QED) is 0.446. The molecule has 0 aromatic heterocycles. The first kappa shape index (κ1) is 15.7. The standard InChI is InChI=1S/C5H12.2Li/c1-3-5-4-2;;/h3-5H2,1-2H3;;. The molecule has 0 aliphatic rings. The van der Waals surface area contributed by atoms with Crippen LogP contribution >= 0.6 is 0 Å². The Hall–Kier alpha value is 1.19. The van der Waals surface area contributed by atoms with Crippen molar-refractivity contribution in [1.82, 2.24) is 0 Å². The SMILES string of the molecule is CCCCC.[Li].[Li]. The molecule has 0 rings (SSSR count). The predicted octanol–water partition coefficient (Wildman–Crippen LogP) is 1.43. The molecular weight excluding hydrogens is 73.9 g/mol. The fourth-order valence-electron chi connectivity index (χ4n) is 0.354. The molecule has 0 fully saturated rings. The van der Waals surface area contributed by atoms with E-state index in [2.05, 4.69) is 13.8 Å². The van der Waals surface area contributed by atoms with Crippen molar-refractivity contribution in [2.45, 2.75) is 33.1 Å². The minimum absolute atomic E-state index is 0. The zero-order valence-corrected chi connectivity index (χ0v) is 6.12. The molecule has 2 heteroatoms. The summed E-state index contributed by atoms with van der Waals surface area (Å²) < 4.78 is 0. The molecule has 0 aromatic rings. The summed E-state index contributed by atoms with van der Waals surface area (Å²) in [5.74, 6) is 0. The first-order valence-corrected chi connectivity index (χ1v) is 2.41. The maximum Gasteiger partial charge on any atom is 0 e. The van der Waals surface area contributed by atoms with E-state index in [4.69, 9.17) is 0 Å². The van der Waals surface area contributed by atoms with Crippen LogP contribution in [-0.2, 0) is 0 Å². The van der Waals surface area contributed by atoms with Crippen molar-refractivity contribution < 1.29 is 0 Å². The van der Waals surface area contributed by atoms with Crippen molar-refractivity contribution in [1.29, 1.82) is 0 Å². The molecule has 34 valence electrons. The van der Waals surface area contributed by atoms with Gasteiger partial charge >= 0.3 is 0 Å². The summed E-state index contributed by atoms with van der Waals surface area (Å²) in [6, 6.07) is 0. The van der Waals surface area contributed by atoms with E-state index in [0.717, 1.165) is 0 Å². The first-order valence-electron chi connectivity index (χ1n) is 2.41.